The molecule has 2 heterocycles. The molecule has 22 heavy (non-hydrogen) atoms. The van der Waals surface area contributed by atoms with Crippen LogP contribution in [0, 0.1) is 5.92 Å². The Morgan fingerprint density at radius 3 is 2.45 bits per heavy atom. The van der Waals surface area contributed by atoms with Crippen molar-refractivity contribution >= 4 is 5.91 Å². The quantitative estimate of drug-likeness (QED) is 0.786. The second-order valence-electron chi connectivity index (χ2n) is 6.55. The van der Waals surface area contributed by atoms with Gasteiger partial charge in [0.15, 0.2) is 0 Å². The molecule has 2 aliphatic rings. The Balaban J connectivity index is 1.78. The van der Waals surface area contributed by atoms with Crippen molar-refractivity contribution < 1.29 is 4.79 Å². The van der Waals surface area contributed by atoms with E-state index in [0.29, 0.717) is 30.6 Å². The van der Waals surface area contributed by atoms with Gasteiger partial charge in [0.05, 0.1) is 0 Å². The summed E-state index contributed by atoms with van der Waals surface area (Å²) in [7, 11) is 0. The molecule has 3 rings (SSSR count). The predicted octanol–water partition coefficient (Wildman–Crippen LogP) is 1.25. The second-order valence-corrected chi connectivity index (χ2v) is 6.55. The molecule has 5 heteroatoms. The Hall–Kier alpha value is -1.43. The molecule has 2 saturated heterocycles. The van der Waals surface area contributed by atoms with Gasteiger partial charge in [-0.15, -0.1) is 0 Å². The topological polar surface area (TPSA) is 70.4 Å². The third-order valence-electron chi connectivity index (χ3n) is 5.13. The van der Waals surface area contributed by atoms with Gasteiger partial charge in [0.25, 0.3) is 5.91 Å². The Kier molecular flexibility index (Phi) is 4.47. The lowest BCUT2D eigenvalue weighted by Gasteiger charge is -2.33. The second kappa shape index (κ2) is 6.36. The van der Waals surface area contributed by atoms with E-state index in [4.69, 9.17) is 5.73 Å². The van der Waals surface area contributed by atoms with Crippen LogP contribution in [0.4, 0.5) is 0 Å². The number of carbonyl (C=O) groups excluding carboxylic acids is 1. The first-order chi connectivity index (χ1) is 10.6. The van der Waals surface area contributed by atoms with Gasteiger partial charge in [0.2, 0.25) is 0 Å². The molecule has 0 bridgehead atoms. The van der Waals surface area contributed by atoms with Crippen molar-refractivity contribution in [2.75, 3.05) is 6.54 Å². The smallest absolute Gasteiger partial charge is 0.254 e. The van der Waals surface area contributed by atoms with Gasteiger partial charge >= 0.3 is 0 Å². The summed E-state index contributed by atoms with van der Waals surface area (Å²) in [4.78, 5) is 15.0. The van der Waals surface area contributed by atoms with Crippen molar-refractivity contribution in [2.45, 2.75) is 51.4 Å². The molecule has 2 aliphatic heterocycles. The molecule has 2 fully saturated rings. The van der Waals surface area contributed by atoms with Gasteiger partial charge in [0, 0.05) is 42.7 Å². The van der Waals surface area contributed by atoms with Gasteiger partial charge in [-0.2, -0.15) is 0 Å². The summed E-state index contributed by atoms with van der Waals surface area (Å²) in [5, 5.41) is 0. The number of nitrogens with zero attached hydrogens (tertiary/aromatic N) is 1. The van der Waals surface area contributed by atoms with Crippen molar-refractivity contribution in [3.8, 4) is 0 Å². The monoisotopic (exact) mass is 302 g/mol. The van der Waals surface area contributed by atoms with Crippen LogP contribution in [0.15, 0.2) is 24.3 Å². The Bertz CT molecular complexity index is 520. The molecule has 3 unspecified atom stereocenters. The number of benzene rings is 1. The summed E-state index contributed by atoms with van der Waals surface area (Å²) < 4.78 is 0. The summed E-state index contributed by atoms with van der Waals surface area (Å²) in [6, 6.07) is 8.77. The van der Waals surface area contributed by atoms with E-state index in [9.17, 15) is 4.79 Å². The number of amides is 1. The molecular formula is C17H26N4O. The van der Waals surface area contributed by atoms with Crippen molar-refractivity contribution in [1.29, 1.82) is 0 Å². The van der Waals surface area contributed by atoms with Crippen molar-refractivity contribution in [2.24, 2.45) is 11.7 Å². The number of carbonyl (C=O) groups is 1. The zero-order valence-electron chi connectivity index (χ0n) is 13.4. The minimum atomic E-state index is 0.150. The van der Waals surface area contributed by atoms with Crippen LogP contribution < -0.4 is 16.6 Å². The number of rotatable bonds is 3. The van der Waals surface area contributed by atoms with Gasteiger partial charge in [-0.05, 0) is 44.4 Å². The van der Waals surface area contributed by atoms with Gasteiger partial charge in [-0.25, -0.2) is 0 Å². The van der Waals surface area contributed by atoms with E-state index in [1.54, 1.807) is 0 Å². The zero-order valence-corrected chi connectivity index (χ0v) is 13.4. The lowest BCUT2D eigenvalue weighted by atomic mass is 9.87. The SMILES string of the molecule is CC1NNC(C)C1C1CCCN1C(=O)c1ccc(CN)cc1. The fraction of sp³-hybridized carbons (Fsp3) is 0.588. The van der Waals surface area contributed by atoms with E-state index < -0.39 is 0 Å². The van der Waals surface area contributed by atoms with Crippen molar-refractivity contribution in [3.05, 3.63) is 35.4 Å². The lowest BCUT2D eigenvalue weighted by Crippen LogP contribution is -2.46. The molecule has 0 radical (unpaired) electrons. The van der Waals surface area contributed by atoms with E-state index in [1.165, 1.54) is 0 Å². The van der Waals surface area contributed by atoms with Crippen LogP contribution in [0.1, 0.15) is 42.6 Å². The highest BCUT2D eigenvalue weighted by atomic mass is 16.2. The van der Waals surface area contributed by atoms with Crippen LogP contribution in [0.2, 0.25) is 0 Å². The third kappa shape index (κ3) is 2.76. The molecule has 1 aromatic carbocycles. The first kappa shape index (κ1) is 15.5. The maximum Gasteiger partial charge on any atom is 0.254 e. The van der Waals surface area contributed by atoms with Crippen LogP contribution in [-0.2, 0) is 6.54 Å². The summed E-state index contributed by atoms with van der Waals surface area (Å²) in [6.45, 7) is 5.75. The minimum absolute atomic E-state index is 0.150. The van der Waals surface area contributed by atoms with E-state index >= 15 is 0 Å². The van der Waals surface area contributed by atoms with Crippen molar-refractivity contribution in [1.82, 2.24) is 15.8 Å². The molecule has 0 aliphatic carbocycles. The molecule has 1 aromatic rings. The van der Waals surface area contributed by atoms with Crippen LogP contribution >= 0.6 is 0 Å². The van der Waals surface area contributed by atoms with Gasteiger partial charge in [0.1, 0.15) is 0 Å². The summed E-state index contributed by atoms with van der Waals surface area (Å²) in [5.41, 5.74) is 14.1. The normalized spacial score (nSPS) is 31.7. The number of hydrogen-bond acceptors (Lipinski definition) is 4. The molecule has 0 spiro atoms. The summed E-state index contributed by atoms with van der Waals surface area (Å²) in [5.74, 6) is 0.604. The number of nitrogens with two attached hydrogens (primary N) is 1. The van der Waals surface area contributed by atoms with E-state index in [2.05, 4.69) is 29.6 Å². The number of likely N-dealkylation sites (tertiary alicyclic amines) is 1. The highest BCUT2D eigenvalue weighted by Gasteiger charge is 2.42. The maximum atomic E-state index is 12.9. The number of nitrogens with one attached hydrogen (secondary N) is 2. The van der Waals surface area contributed by atoms with Crippen LogP contribution in [0.25, 0.3) is 0 Å². The summed E-state index contributed by atoms with van der Waals surface area (Å²) in [6.07, 6.45) is 2.18. The molecule has 1 amide bonds. The summed E-state index contributed by atoms with van der Waals surface area (Å²) >= 11 is 0. The third-order valence-corrected chi connectivity index (χ3v) is 5.13. The zero-order chi connectivity index (χ0) is 15.7. The molecule has 120 valence electrons. The first-order valence-corrected chi connectivity index (χ1v) is 8.23. The van der Waals surface area contributed by atoms with Gasteiger partial charge < -0.3 is 10.6 Å². The lowest BCUT2D eigenvalue weighted by molar-refractivity contribution is 0.0674. The van der Waals surface area contributed by atoms with Gasteiger partial charge in [-0.1, -0.05) is 12.1 Å². The predicted molar refractivity (Wildman–Crippen MR) is 87.1 cm³/mol. The minimum Gasteiger partial charge on any atom is -0.335 e. The van der Waals surface area contributed by atoms with Gasteiger partial charge in [-0.3, -0.25) is 15.6 Å². The largest absolute Gasteiger partial charge is 0.335 e. The Morgan fingerprint density at radius 2 is 1.86 bits per heavy atom. The van der Waals surface area contributed by atoms with Crippen LogP contribution in [0.3, 0.4) is 0 Å². The molecule has 4 N–H and O–H groups in total. The maximum absolute atomic E-state index is 12.9. The Labute approximate surface area is 132 Å². The van der Waals surface area contributed by atoms with Crippen LogP contribution in [0.5, 0.6) is 0 Å². The van der Waals surface area contributed by atoms with Crippen LogP contribution in [-0.4, -0.2) is 35.5 Å². The first-order valence-electron chi connectivity index (χ1n) is 8.23. The Morgan fingerprint density at radius 1 is 1.23 bits per heavy atom. The van der Waals surface area contributed by atoms with Crippen molar-refractivity contribution in [3.63, 3.8) is 0 Å². The fourth-order valence-electron chi connectivity index (χ4n) is 3.95. The van der Waals surface area contributed by atoms with E-state index in [0.717, 1.165) is 30.5 Å². The average Bonchev–Trinajstić information content (AvgIpc) is 3.13. The highest BCUT2D eigenvalue weighted by Crippen LogP contribution is 2.31. The molecule has 0 aromatic heterocycles. The average molecular weight is 302 g/mol. The van der Waals surface area contributed by atoms with E-state index in [-0.39, 0.29) is 5.91 Å². The molecule has 3 atom stereocenters. The number of hydrazine groups is 1. The standard InChI is InChI=1S/C17H26N4O/c1-11-16(12(2)20-19-11)15-4-3-9-21(15)17(22)14-7-5-13(10-18)6-8-14/h5-8,11-12,15-16,19-20H,3-4,9-10,18H2,1-2H3. The molecular weight excluding hydrogens is 276 g/mol. The van der Waals surface area contributed by atoms with E-state index in [1.807, 2.05) is 24.3 Å². The molecule has 5 nitrogen and oxygen atoms in total. The molecule has 0 saturated carbocycles. The highest BCUT2D eigenvalue weighted by molar-refractivity contribution is 5.94. The fourth-order valence-corrected chi connectivity index (χ4v) is 3.95. The number of hydrogen-bond donors (Lipinski definition) is 3.